The molecule has 26 heavy (non-hydrogen) atoms. The van der Waals surface area contributed by atoms with E-state index in [0.717, 1.165) is 40.3 Å². The molecule has 4 nitrogen and oxygen atoms in total. The molecule has 0 bridgehead atoms. The molecule has 0 atom stereocenters. The van der Waals surface area contributed by atoms with E-state index in [4.69, 9.17) is 4.74 Å². The van der Waals surface area contributed by atoms with E-state index in [2.05, 4.69) is 61.1 Å². The fraction of sp³-hybridized carbons (Fsp3) is 0.111. The van der Waals surface area contributed by atoms with Gasteiger partial charge < -0.3 is 4.74 Å². The number of ether oxygens (including phenoxy) is 1. The van der Waals surface area contributed by atoms with E-state index in [-0.39, 0.29) is 17.7 Å². The Hall–Kier alpha value is -0.590. The molecule has 1 fully saturated rings. The highest BCUT2D eigenvalue weighted by Crippen LogP contribution is 2.35. The number of nitrogens with zero attached hydrogens (tertiary/aromatic N) is 1. The number of thioether (sulfide) groups is 1. The van der Waals surface area contributed by atoms with Gasteiger partial charge in [-0.15, -0.1) is 0 Å². The Labute approximate surface area is 191 Å². The Kier molecular flexibility index (Phi) is 6.68. The van der Waals surface area contributed by atoms with Crippen LogP contribution < -0.4 is 4.74 Å². The van der Waals surface area contributed by atoms with Gasteiger partial charge in [0.2, 0.25) is 0 Å². The molecule has 1 aliphatic rings. The standard InChI is InChI=1S/C18H12BrI2NO3S/c1-25-16-13(20)6-11(7-14(16)21)8-15-17(23)22(18(24)26-15)9-10-2-4-12(19)5-3-10/h2-8H,9H2,1H3/b15-8-. The highest BCUT2D eigenvalue weighted by atomic mass is 127. The van der Waals surface area contributed by atoms with Crippen molar-refractivity contribution in [2.24, 2.45) is 0 Å². The van der Waals surface area contributed by atoms with Crippen LogP contribution in [0.3, 0.4) is 0 Å². The summed E-state index contributed by atoms with van der Waals surface area (Å²) in [7, 11) is 1.63. The summed E-state index contributed by atoms with van der Waals surface area (Å²) in [4.78, 5) is 26.7. The summed E-state index contributed by atoms with van der Waals surface area (Å²) in [5.41, 5.74) is 1.78. The summed E-state index contributed by atoms with van der Waals surface area (Å²) in [5.74, 6) is 0.551. The largest absolute Gasteiger partial charge is 0.495 e. The minimum atomic E-state index is -0.260. The van der Waals surface area contributed by atoms with Crippen LogP contribution in [0.2, 0.25) is 0 Å². The average molecular weight is 656 g/mol. The van der Waals surface area contributed by atoms with Crippen LogP contribution in [0.4, 0.5) is 4.79 Å². The molecule has 2 aromatic rings. The van der Waals surface area contributed by atoms with Crippen molar-refractivity contribution in [3.8, 4) is 5.75 Å². The van der Waals surface area contributed by atoms with E-state index in [1.165, 1.54) is 4.90 Å². The molecule has 134 valence electrons. The highest BCUT2D eigenvalue weighted by Gasteiger charge is 2.35. The van der Waals surface area contributed by atoms with Crippen LogP contribution in [-0.4, -0.2) is 23.2 Å². The van der Waals surface area contributed by atoms with Crippen molar-refractivity contribution >= 4 is 90.1 Å². The second-order valence-electron chi connectivity index (χ2n) is 5.41. The van der Waals surface area contributed by atoms with Crippen molar-refractivity contribution in [2.75, 3.05) is 7.11 Å². The van der Waals surface area contributed by atoms with Gasteiger partial charge in [0.25, 0.3) is 11.1 Å². The van der Waals surface area contributed by atoms with E-state index >= 15 is 0 Å². The predicted octanol–water partition coefficient (Wildman–Crippen LogP) is 5.90. The first-order valence-electron chi connectivity index (χ1n) is 7.42. The summed E-state index contributed by atoms with van der Waals surface area (Å²) in [6.45, 7) is 0.271. The highest BCUT2D eigenvalue weighted by molar-refractivity contribution is 14.1. The Morgan fingerprint density at radius 2 is 1.77 bits per heavy atom. The van der Waals surface area contributed by atoms with Gasteiger partial charge >= 0.3 is 0 Å². The van der Waals surface area contributed by atoms with Crippen molar-refractivity contribution in [3.63, 3.8) is 0 Å². The molecular formula is C18H12BrI2NO3S. The molecule has 0 N–H and O–H groups in total. The van der Waals surface area contributed by atoms with Crippen LogP contribution in [0.25, 0.3) is 6.08 Å². The number of imide groups is 1. The number of halogens is 3. The molecule has 0 saturated carbocycles. The van der Waals surface area contributed by atoms with Crippen molar-refractivity contribution in [1.29, 1.82) is 0 Å². The zero-order valence-electron chi connectivity index (χ0n) is 13.5. The van der Waals surface area contributed by atoms with Gasteiger partial charge in [-0.2, -0.15) is 0 Å². The van der Waals surface area contributed by atoms with Gasteiger partial charge in [0, 0.05) is 4.47 Å². The third kappa shape index (κ3) is 4.45. The van der Waals surface area contributed by atoms with Crippen LogP contribution in [0.5, 0.6) is 5.75 Å². The molecule has 0 unspecified atom stereocenters. The first-order chi connectivity index (χ1) is 12.4. The number of hydrogen-bond donors (Lipinski definition) is 0. The van der Waals surface area contributed by atoms with Crippen LogP contribution in [0.15, 0.2) is 45.8 Å². The van der Waals surface area contributed by atoms with Crippen molar-refractivity contribution in [1.82, 2.24) is 4.90 Å². The summed E-state index contributed by atoms with van der Waals surface area (Å²) in [5, 5.41) is -0.248. The molecule has 1 heterocycles. The molecular weight excluding hydrogens is 644 g/mol. The van der Waals surface area contributed by atoms with E-state index in [1.54, 1.807) is 13.2 Å². The first kappa shape index (κ1) is 20.2. The molecule has 1 aliphatic heterocycles. The molecule has 2 amide bonds. The Balaban J connectivity index is 1.84. The van der Waals surface area contributed by atoms with Gasteiger partial charge in [0.15, 0.2) is 0 Å². The van der Waals surface area contributed by atoms with Crippen LogP contribution in [0, 0.1) is 7.14 Å². The maximum atomic E-state index is 12.7. The molecule has 0 aromatic heterocycles. The second-order valence-corrected chi connectivity index (χ2v) is 9.65. The Morgan fingerprint density at radius 3 is 2.35 bits per heavy atom. The predicted molar refractivity (Wildman–Crippen MR) is 124 cm³/mol. The maximum Gasteiger partial charge on any atom is 0.293 e. The summed E-state index contributed by atoms with van der Waals surface area (Å²) < 4.78 is 8.23. The van der Waals surface area contributed by atoms with Gasteiger partial charge in [-0.25, -0.2) is 0 Å². The quantitative estimate of drug-likeness (QED) is 0.304. The van der Waals surface area contributed by atoms with E-state index < -0.39 is 0 Å². The minimum absolute atomic E-state index is 0.248. The Morgan fingerprint density at radius 1 is 1.15 bits per heavy atom. The number of methoxy groups -OCH3 is 1. The van der Waals surface area contributed by atoms with Crippen molar-refractivity contribution in [3.05, 3.63) is 64.0 Å². The third-order valence-electron chi connectivity index (χ3n) is 3.65. The normalized spacial score (nSPS) is 15.8. The number of benzene rings is 2. The summed E-state index contributed by atoms with van der Waals surface area (Å²) in [6.07, 6.45) is 1.76. The molecule has 8 heteroatoms. The number of hydrogen-bond acceptors (Lipinski definition) is 4. The monoisotopic (exact) mass is 655 g/mol. The summed E-state index contributed by atoms with van der Waals surface area (Å²) >= 11 is 8.75. The fourth-order valence-electron chi connectivity index (χ4n) is 2.42. The molecule has 3 rings (SSSR count). The van der Waals surface area contributed by atoms with Crippen LogP contribution >= 0.6 is 72.9 Å². The van der Waals surface area contributed by atoms with Gasteiger partial charge in [0.1, 0.15) is 5.75 Å². The fourth-order valence-corrected chi connectivity index (χ4v) is 5.78. The van der Waals surface area contributed by atoms with Crippen molar-refractivity contribution in [2.45, 2.75) is 6.54 Å². The van der Waals surface area contributed by atoms with Crippen LogP contribution in [-0.2, 0) is 11.3 Å². The van der Waals surface area contributed by atoms with E-state index in [1.807, 2.05) is 36.4 Å². The maximum absolute atomic E-state index is 12.7. The molecule has 2 aromatic carbocycles. The number of rotatable bonds is 4. The number of carbonyl (C=O) groups excluding carboxylic acids is 2. The van der Waals surface area contributed by atoms with Gasteiger partial charge in [-0.1, -0.05) is 28.1 Å². The van der Waals surface area contributed by atoms with Gasteiger partial charge in [0.05, 0.1) is 25.7 Å². The first-order valence-corrected chi connectivity index (χ1v) is 11.2. The smallest absolute Gasteiger partial charge is 0.293 e. The lowest BCUT2D eigenvalue weighted by atomic mass is 10.2. The lowest BCUT2D eigenvalue weighted by molar-refractivity contribution is -0.123. The summed E-state index contributed by atoms with van der Waals surface area (Å²) in [6, 6.07) is 11.4. The van der Waals surface area contributed by atoms with Crippen molar-refractivity contribution < 1.29 is 14.3 Å². The van der Waals surface area contributed by atoms with Gasteiger partial charge in [-0.05, 0) is 98.4 Å². The number of amides is 2. The zero-order valence-corrected chi connectivity index (χ0v) is 20.2. The minimum Gasteiger partial charge on any atom is -0.495 e. The molecule has 0 radical (unpaired) electrons. The van der Waals surface area contributed by atoms with Gasteiger partial charge in [-0.3, -0.25) is 14.5 Å². The van der Waals surface area contributed by atoms with Crippen LogP contribution in [0.1, 0.15) is 11.1 Å². The SMILES string of the molecule is COc1c(I)cc(/C=C2\SC(=O)N(Cc3ccc(Br)cc3)C2=O)cc1I. The topological polar surface area (TPSA) is 46.6 Å². The van der Waals surface area contributed by atoms with E-state index in [0.29, 0.717) is 4.91 Å². The Bertz CT molecular complexity index is 892. The number of carbonyl (C=O) groups is 2. The molecule has 1 saturated heterocycles. The molecule has 0 spiro atoms. The van der Waals surface area contributed by atoms with E-state index in [9.17, 15) is 9.59 Å². The second kappa shape index (κ2) is 8.61. The lowest BCUT2D eigenvalue weighted by Crippen LogP contribution is -2.27. The lowest BCUT2D eigenvalue weighted by Gasteiger charge is -2.12. The average Bonchev–Trinajstić information content (AvgIpc) is 2.84. The third-order valence-corrected chi connectivity index (χ3v) is 6.69. The zero-order chi connectivity index (χ0) is 18.8. The molecule has 0 aliphatic carbocycles.